The van der Waals surface area contributed by atoms with Gasteiger partial charge in [0.05, 0.1) is 6.61 Å². The van der Waals surface area contributed by atoms with Crippen molar-refractivity contribution >= 4 is 8.81 Å². The third-order valence-corrected chi connectivity index (χ3v) is 0.943. The molecule has 0 fully saturated rings. The third kappa shape index (κ3) is 4.39. The zero-order valence-corrected chi connectivity index (χ0v) is 5.32. The Hall–Kier alpha value is 0.390. The second kappa shape index (κ2) is 5.39. The first-order valence-electron chi connectivity index (χ1n) is 2.20. The van der Waals surface area contributed by atoms with E-state index in [9.17, 15) is 0 Å². The summed E-state index contributed by atoms with van der Waals surface area (Å²) in [5.41, 5.74) is 0. The lowest BCUT2D eigenvalue weighted by molar-refractivity contribution is 0.364. The molecule has 6 heavy (non-hydrogen) atoms. The first-order chi connectivity index (χ1) is 2.91. The summed E-state index contributed by atoms with van der Waals surface area (Å²) in [5, 5.41) is 0. The molecule has 0 heterocycles. The van der Waals surface area contributed by atoms with Crippen molar-refractivity contribution in [2.75, 3.05) is 13.3 Å². The average molecular weight is 106 g/mol. The Morgan fingerprint density at radius 3 is 2.50 bits per heavy atom. The number of rotatable bonds is 3. The van der Waals surface area contributed by atoms with Crippen molar-refractivity contribution in [1.82, 2.24) is 0 Å². The highest BCUT2D eigenvalue weighted by atomic mass is 31.1. The molecular formula is C4H11OP. The standard InChI is InChI=1S/C4H11OP/c1-3-4-5-6-2/h6H,3-4H2,1-2H3. The predicted octanol–water partition coefficient (Wildman–Crippen LogP) is 1.64. The first kappa shape index (κ1) is 6.39. The van der Waals surface area contributed by atoms with E-state index in [1.165, 1.54) is 0 Å². The van der Waals surface area contributed by atoms with Gasteiger partial charge < -0.3 is 4.52 Å². The van der Waals surface area contributed by atoms with Crippen molar-refractivity contribution in [3.63, 3.8) is 0 Å². The molecular weight excluding hydrogens is 95.0 g/mol. The van der Waals surface area contributed by atoms with Crippen LogP contribution in [0.2, 0.25) is 0 Å². The van der Waals surface area contributed by atoms with E-state index in [1.54, 1.807) is 0 Å². The maximum Gasteiger partial charge on any atom is 0.0502 e. The molecule has 0 saturated heterocycles. The van der Waals surface area contributed by atoms with Gasteiger partial charge in [-0.3, -0.25) is 0 Å². The van der Waals surface area contributed by atoms with Crippen LogP contribution in [0.1, 0.15) is 13.3 Å². The Labute approximate surface area is 40.9 Å². The molecule has 0 spiro atoms. The van der Waals surface area contributed by atoms with Crippen LogP contribution in [0.25, 0.3) is 0 Å². The molecule has 0 aliphatic rings. The Kier molecular flexibility index (Phi) is 5.74. The monoisotopic (exact) mass is 106 g/mol. The third-order valence-electron chi connectivity index (χ3n) is 0.451. The van der Waals surface area contributed by atoms with Crippen LogP contribution in [-0.4, -0.2) is 13.3 Å². The minimum Gasteiger partial charge on any atom is -0.363 e. The Morgan fingerprint density at radius 1 is 1.67 bits per heavy atom. The lowest BCUT2D eigenvalue weighted by atomic mass is 10.5. The molecule has 1 atom stereocenters. The van der Waals surface area contributed by atoms with Crippen LogP contribution in [-0.2, 0) is 4.52 Å². The maximum atomic E-state index is 5.01. The summed E-state index contributed by atoms with van der Waals surface area (Å²) in [6.45, 7) is 5.07. The van der Waals surface area contributed by atoms with E-state index in [1.807, 2.05) is 6.66 Å². The second-order valence-electron chi connectivity index (χ2n) is 1.05. The summed E-state index contributed by atoms with van der Waals surface area (Å²) in [6.07, 6.45) is 1.14. The molecule has 0 bridgehead atoms. The normalized spacial score (nSPS) is 11.0. The number of hydrogen-bond acceptors (Lipinski definition) is 1. The van der Waals surface area contributed by atoms with E-state index < -0.39 is 0 Å². The topological polar surface area (TPSA) is 9.23 Å². The second-order valence-corrected chi connectivity index (χ2v) is 1.75. The molecule has 0 aliphatic carbocycles. The van der Waals surface area contributed by atoms with Crippen molar-refractivity contribution < 1.29 is 4.52 Å². The van der Waals surface area contributed by atoms with Crippen LogP contribution in [0, 0.1) is 0 Å². The summed E-state index contributed by atoms with van der Waals surface area (Å²) in [7, 11) is 0.665. The van der Waals surface area contributed by atoms with Gasteiger partial charge in [-0.05, 0) is 13.1 Å². The van der Waals surface area contributed by atoms with Gasteiger partial charge in [-0.1, -0.05) is 6.92 Å². The highest BCUT2D eigenvalue weighted by Gasteiger charge is 1.72. The summed E-state index contributed by atoms with van der Waals surface area (Å²) < 4.78 is 5.01. The summed E-state index contributed by atoms with van der Waals surface area (Å²) in [6, 6.07) is 0. The SMILES string of the molecule is CCCOPC. The predicted molar refractivity (Wildman–Crippen MR) is 30.5 cm³/mol. The summed E-state index contributed by atoms with van der Waals surface area (Å²) in [5.74, 6) is 0. The van der Waals surface area contributed by atoms with Gasteiger partial charge in [0.1, 0.15) is 0 Å². The molecule has 1 unspecified atom stereocenters. The van der Waals surface area contributed by atoms with E-state index >= 15 is 0 Å². The van der Waals surface area contributed by atoms with Gasteiger partial charge in [-0.2, -0.15) is 0 Å². The summed E-state index contributed by atoms with van der Waals surface area (Å²) >= 11 is 0. The van der Waals surface area contributed by atoms with Gasteiger partial charge in [0, 0.05) is 8.81 Å². The fourth-order valence-electron chi connectivity index (χ4n) is 0.204. The van der Waals surface area contributed by atoms with Crippen LogP contribution in [0.3, 0.4) is 0 Å². The van der Waals surface area contributed by atoms with Crippen LogP contribution < -0.4 is 0 Å². The Bertz CT molecular complexity index is 19.5. The van der Waals surface area contributed by atoms with E-state index in [0.717, 1.165) is 13.0 Å². The van der Waals surface area contributed by atoms with E-state index in [4.69, 9.17) is 4.52 Å². The lowest BCUT2D eigenvalue weighted by Gasteiger charge is -1.91. The van der Waals surface area contributed by atoms with Crippen LogP contribution in [0.5, 0.6) is 0 Å². The largest absolute Gasteiger partial charge is 0.363 e. The molecule has 1 nitrogen and oxygen atoms in total. The van der Waals surface area contributed by atoms with Gasteiger partial charge in [-0.25, -0.2) is 0 Å². The fraction of sp³-hybridized carbons (Fsp3) is 1.00. The Balaban J connectivity index is 2.34. The molecule has 0 amide bonds. The molecule has 0 saturated carbocycles. The molecule has 38 valence electrons. The van der Waals surface area contributed by atoms with Gasteiger partial charge in [0.25, 0.3) is 0 Å². The van der Waals surface area contributed by atoms with Crippen molar-refractivity contribution in [1.29, 1.82) is 0 Å². The molecule has 0 radical (unpaired) electrons. The van der Waals surface area contributed by atoms with E-state index in [-0.39, 0.29) is 0 Å². The van der Waals surface area contributed by atoms with Gasteiger partial charge in [0.15, 0.2) is 0 Å². The molecule has 0 aromatic heterocycles. The minimum absolute atomic E-state index is 0.665. The minimum atomic E-state index is 0.665. The van der Waals surface area contributed by atoms with Crippen molar-refractivity contribution in [3.8, 4) is 0 Å². The summed E-state index contributed by atoms with van der Waals surface area (Å²) in [4.78, 5) is 0. The maximum absolute atomic E-state index is 5.01. The van der Waals surface area contributed by atoms with Crippen molar-refractivity contribution in [2.24, 2.45) is 0 Å². The fourth-order valence-corrected chi connectivity index (χ4v) is 0.612. The van der Waals surface area contributed by atoms with E-state index in [2.05, 4.69) is 6.92 Å². The average Bonchev–Trinajstić information content (AvgIpc) is 1.61. The molecule has 0 aromatic carbocycles. The van der Waals surface area contributed by atoms with E-state index in [0.29, 0.717) is 8.81 Å². The number of hydrogen-bond donors (Lipinski definition) is 0. The Morgan fingerprint density at radius 2 is 2.33 bits per heavy atom. The van der Waals surface area contributed by atoms with Crippen LogP contribution in [0.4, 0.5) is 0 Å². The molecule has 0 aliphatic heterocycles. The first-order valence-corrected chi connectivity index (χ1v) is 3.61. The van der Waals surface area contributed by atoms with Gasteiger partial charge >= 0.3 is 0 Å². The molecule has 2 heteroatoms. The van der Waals surface area contributed by atoms with Crippen LogP contribution >= 0.6 is 8.81 Å². The van der Waals surface area contributed by atoms with Crippen molar-refractivity contribution in [3.05, 3.63) is 0 Å². The smallest absolute Gasteiger partial charge is 0.0502 e. The molecule has 0 aromatic rings. The zero-order valence-electron chi connectivity index (χ0n) is 4.32. The van der Waals surface area contributed by atoms with Gasteiger partial charge in [0.2, 0.25) is 0 Å². The van der Waals surface area contributed by atoms with Gasteiger partial charge in [-0.15, -0.1) is 0 Å². The quantitative estimate of drug-likeness (QED) is 0.392. The lowest BCUT2D eigenvalue weighted by Crippen LogP contribution is -1.76. The molecule has 0 N–H and O–H groups in total. The van der Waals surface area contributed by atoms with Crippen LogP contribution in [0.15, 0.2) is 0 Å². The van der Waals surface area contributed by atoms with Crippen molar-refractivity contribution in [2.45, 2.75) is 13.3 Å². The molecule has 0 rings (SSSR count). The zero-order chi connectivity index (χ0) is 4.83. The highest BCUT2D eigenvalue weighted by molar-refractivity contribution is 7.31. The highest BCUT2D eigenvalue weighted by Crippen LogP contribution is 2.02.